The number of rotatable bonds is 5. The van der Waals surface area contributed by atoms with E-state index in [9.17, 15) is 4.79 Å². The molecule has 0 amide bonds. The van der Waals surface area contributed by atoms with Crippen LogP contribution < -0.4 is 0 Å². The zero-order chi connectivity index (χ0) is 12.8. The molecule has 0 saturated heterocycles. The zero-order valence-electron chi connectivity index (χ0n) is 9.90. The van der Waals surface area contributed by atoms with E-state index in [2.05, 4.69) is 13.2 Å². The Balaban J connectivity index is 2.76. The highest BCUT2D eigenvalue weighted by Gasteiger charge is 2.05. The van der Waals surface area contributed by atoms with Crippen LogP contribution >= 0.6 is 0 Å². The third-order valence-corrected chi connectivity index (χ3v) is 2.32. The summed E-state index contributed by atoms with van der Waals surface area (Å²) in [5, 5.41) is 9.09. The number of carbonyl (C=O) groups is 1. The summed E-state index contributed by atoms with van der Waals surface area (Å²) in [7, 11) is 0. The van der Waals surface area contributed by atoms with Crippen molar-refractivity contribution in [3.8, 4) is 0 Å². The molecule has 0 aromatic heterocycles. The van der Waals surface area contributed by atoms with Gasteiger partial charge in [-0.05, 0) is 29.7 Å². The van der Waals surface area contributed by atoms with Crippen LogP contribution in [0.2, 0.25) is 0 Å². The van der Waals surface area contributed by atoms with Crippen LogP contribution in [0.5, 0.6) is 0 Å². The van der Waals surface area contributed by atoms with Crippen molar-refractivity contribution in [2.45, 2.75) is 20.1 Å². The summed E-state index contributed by atoms with van der Waals surface area (Å²) in [6.45, 7) is 8.94. The van der Waals surface area contributed by atoms with E-state index in [-0.39, 0.29) is 13.2 Å². The lowest BCUT2D eigenvalue weighted by Gasteiger charge is -2.08. The van der Waals surface area contributed by atoms with Crippen LogP contribution in [0.3, 0.4) is 0 Å². The molecule has 1 rings (SSSR count). The van der Waals surface area contributed by atoms with E-state index >= 15 is 0 Å². The van der Waals surface area contributed by atoms with Gasteiger partial charge in [0.15, 0.2) is 0 Å². The smallest absolute Gasteiger partial charge is 0.333 e. The van der Waals surface area contributed by atoms with Gasteiger partial charge in [-0.15, -0.1) is 0 Å². The second-order valence-corrected chi connectivity index (χ2v) is 3.75. The van der Waals surface area contributed by atoms with Gasteiger partial charge in [-0.3, -0.25) is 0 Å². The SMILES string of the molecule is C=Cc1cc(COC(=O)C(=C)C)ccc1CO. The van der Waals surface area contributed by atoms with Crippen LogP contribution in [0, 0.1) is 0 Å². The van der Waals surface area contributed by atoms with Crippen molar-refractivity contribution >= 4 is 12.0 Å². The summed E-state index contributed by atoms with van der Waals surface area (Å²) in [4.78, 5) is 11.2. The van der Waals surface area contributed by atoms with Gasteiger partial charge in [0.2, 0.25) is 0 Å². The molecule has 90 valence electrons. The highest BCUT2D eigenvalue weighted by molar-refractivity contribution is 5.86. The first-order valence-electron chi connectivity index (χ1n) is 5.26. The lowest BCUT2D eigenvalue weighted by atomic mass is 10.0. The summed E-state index contributed by atoms with van der Waals surface area (Å²) in [5.74, 6) is -0.406. The van der Waals surface area contributed by atoms with Gasteiger partial charge in [0.05, 0.1) is 6.61 Å². The lowest BCUT2D eigenvalue weighted by Crippen LogP contribution is -2.05. The van der Waals surface area contributed by atoms with E-state index in [0.29, 0.717) is 5.57 Å². The number of aliphatic hydroxyl groups is 1. The molecule has 0 aliphatic rings. The number of carbonyl (C=O) groups excluding carboxylic acids is 1. The number of hydrogen-bond acceptors (Lipinski definition) is 3. The molecule has 0 spiro atoms. The van der Waals surface area contributed by atoms with Crippen LogP contribution in [0.15, 0.2) is 36.9 Å². The number of aliphatic hydroxyl groups excluding tert-OH is 1. The molecular weight excluding hydrogens is 216 g/mol. The second-order valence-electron chi connectivity index (χ2n) is 3.75. The third-order valence-electron chi connectivity index (χ3n) is 2.32. The van der Waals surface area contributed by atoms with E-state index in [1.54, 1.807) is 19.1 Å². The first-order chi connectivity index (χ1) is 8.08. The predicted octanol–water partition coefficient (Wildman–Crippen LogP) is 2.44. The van der Waals surface area contributed by atoms with E-state index in [0.717, 1.165) is 16.7 Å². The van der Waals surface area contributed by atoms with Crippen LogP contribution in [-0.4, -0.2) is 11.1 Å². The summed E-state index contributed by atoms with van der Waals surface area (Å²) in [6.07, 6.45) is 1.66. The summed E-state index contributed by atoms with van der Waals surface area (Å²) in [6, 6.07) is 5.44. The average Bonchev–Trinajstić information content (AvgIpc) is 2.35. The molecule has 0 radical (unpaired) electrons. The Labute approximate surface area is 101 Å². The predicted molar refractivity (Wildman–Crippen MR) is 67.1 cm³/mol. The molecule has 1 N–H and O–H groups in total. The molecule has 3 nitrogen and oxygen atoms in total. The van der Waals surface area contributed by atoms with Crippen molar-refractivity contribution in [1.29, 1.82) is 0 Å². The Morgan fingerprint density at radius 1 is 1.53 bits per heavy atom. The fourth-order valence-corrected chi connectivity index (χ4v) is 1.34. The fourth-order valence-electron chi connectivity index (χ4n) is 1.34. The topological polar surface area (TPSA) is 46.5 Å². The van der Waals surface area contributed by atoms with Crippen LogP contribution in [-0.2, 0) is 22.7 Å². The lowest BCUT2D eigenvalue weighted by molar-refractivity contribution is -0.140. The van der Waals surface area contributed by atoms with E-state index in [1.807, 2.05) is 12.1 Å². The molecule has 0 atom stereocenters. The largest absolute Gasteiger partial charge is 0.457 e. The highest BCUT2D eigenvalue weighted by atomic mass is 16.5. The maximum absolute atomic E-state index is 11.2. The van der Waals surface area contributed by atoms with Crippen LogP contribution in [0.4, 0.5) is 0 Å². The van der Waals surface area contributed by atoms with Gasteiger partial charge in [-0.1, -0.05) is 31.4 Å². The van der Waals surface area contributed by atoms with Crippen LogP contribution in [0.25, 0.3) is 6.08 Å². The van der Waals surface area contributed by atoms with Crippen molar-refractivity contribution in [3.05, 3.63) is 53.6 Å². The maximum Gasteiger partial charge on any atom is 0.333 e. The van der Waals surface area contributed by atoms with E-state index in [1.165, 1.54) is 0 Å². The van der Waals surface area contributed by atoms with Gasteiger partial charge in [-0.2, -0.15) is 0 Å². The summed E-state index contributed by atoms with van der Waals surface area (Å²) < 4.78 is 5.03. The minimum Gasteiger partial charge on any atom is -0.457 e. The van der Waals surface area contributed by atoms with Crippen molar-refractivity contribution in [3.63, 3.8) is 0 Å². The molecule has 0 aliphatic carbocycles. The minimum atomic E-state index is -0.406. The molecule has 0 fully saturated rings. The maximum atomic E-state index is 11.2. The van der Waals surface area contributed by atoms with Crippen molar-refractivity contribution in [2.75, 3.05) is 0 Å². The van der Waals surface area contributed by atoms with Gasteiger partial charge >= 0.3 is 5.97 Å². The molecule has 0 saturated carbocycles. The monoisotopic (exact) mass is 232 g/mol. The fraction of sp³-hybridized carbons (Fsp3) is 0.214. The minimum absolute atomic E-state index is 0.0345. The van der Waals surface area contributed by atoms with E-state index < -0.39 is 5.97 Å². The number of ether oxygens (including phenoxy) is 1. The van der Waals surface area contributed by atoms with E-state index in [4.69, 9.17) is 9.84 Å². The van der Waals surface area contributed by atoms with Gasteiger partial charge < -0.3 is 9.84 Å². The first-order valence-corrected chi connectivity index (χ1v) is 5.26. The number of hydrogen-bond donors (Lipinski definition) is 1. The number of esters is 1. The Bertz CT molecular complexity index is 447. The molecule has 0 unspecified atom stereocenters. The van der Waals surface area contributed by atoms with Crippen LogP contribution in [0.1, 0.15) is 23.6 Å². The van der Waals surface area contributed by atoms with Crippen molar-refractivity contribution in [2.24, 2.45) is 0 Å². The molecule has 0 aliphatic heterocycles. The van der Waals surface area contributed by atoms with Crippen molar-refractivity contribution in [1.82, 2.24) is 0 Å². The second kappa shape index (κ2) is 6.01. The Morgan fingerprint density at radius 3 is 2.76 bits per heavy atom. The van der Waals surface area contributed by atoms with Gasteiger partial charge in [0.1, 0.15) is 6.61 Å². The Morgan fingerprint density at radius 2 is 2.24 bits per heavy atom. The molecule has 3 heteroatoms. The quantitative estimate of drug-likeness (QED) is 0.626. The molecule has 0 heterocycles. The normalized spacial score (nSPS) is 9.76. The number of benzene rings is 1. The summed E-state index contributed by atoms with van der Waals surface area (Å²) in [5.41, 5.74) is 2.87. The highest BCUT2D eigenvalue weighted by Crippen LogP contribution is 2.14. The standard InChI is InChI=1S/C14H16O3/c1-4-12-7-11(5-6-13(12)8-15)9-17-14(16)10(2)3/h4-7,15H,1-2,8-9H2,3H3. The first kappa shape index (κ1) is 13.2. The third kappa shape index (κ3) is 3.57. The van der Waals surface area contributed by atoms with Gasteiger partial charge in [0, 0.05) is 5.57 Å². The van der Waals surface area contributed by atoms with Crippen molar-refractivity contribution < 1.29 is 14.6 Å². The van der Waals surface area contributed by atoms with Gasteiger partial charge in [0.25, 0.3) is 0 Å². The average molecular weight is 232 g/mol. The summed E-state index contributed by atoms with van der Waals surface area (Å²) >= 11 is 0. The van der Waals surface area contributed by atoms with Gasteiger partial charge in [-0.25, -0.2) is 4.79 Å². The Hall–Kier alpha value is -1.87. The molecule has 1 aromatic carbocycles. The molecule has 1 aromatic rings. The molecular formula is C14H16O3. The molecule has 0 bridgehead atoms. The molecule has 17 heavy (non-hydrogen) atoms. The zero-order valence-corrected chi connectivity index (χ0v) is 9.90. The Kier molecular flexibility index (Phi) is 4.67.